The second-order valence-electron chi connectivity index (χ2n) is 6.15. The zero-order valence-electron chi connectivity index (χ0n) is 16.0. The lowest BCUT2D eigenvalue weighted by atomic mass is 9.99. The van der Waals surface area contributed by atoms with Gasteiger partial charge < -0.3 is 28.1 Å². The van der Waals surface area contributed by atoms with Crippen LogP contribution in [0.15, 0.2) is 39.5 Å². The van der Waals surface area contributed by atoms with Crippen molar-refractivity contribution in [3.05, 3.63) is 46.1 Å². The van der Waals surface area contributed by atoms with Gasteiger partial charge in [0.1, 0.15) is 11.3 Å². The van der Waals surface area contributed by atoms with Crippen LogP contribution in [-0.2, 0) is 4.74 Å². The summed E-state index contributed by atoms with van der Waals surface area (Å²) in [5, 5.41) is 0.402. The molecule has 28 heavy (non-hydrogen) atoms. The first-order valence-electron chi connectivity index (χ1n) is 8.80. The first-order valence-corrected chi connectivity index (χ1v) is 8.80. The van der Waals surface area contributed by atoms with Crippen molar-refractivity contribution < 1.29 is 28.1 Å². The predicted molar refractivity (Wildman–Crippen MR) is 103 cm³/mol. The van der Waals surface area contributed by atoms with Crippen LogP contribution in [0.1, 0.15) is 18.8 Å². The fourth-order valence-electron chi connectivity index (χ4n) is 3.30. The van der Waals surface area contributed by atoms with E-state index in [0.29, 0.717) is 51.7 Å². The van der Waals surface area contributed by atoms with Crippen LogP contribution in [0.25, 0.3) is 22.3 Å². The lowest BCUT2D eigenvalue weighted by Gasteiger charge is -2.28. The van der Waals surface area contributed by atoms with E-state index in [0.717, 1.165) is 0 Å². The molecular weight excluding hydrogens is 364 g/mol. The zero-order valence-corrected chi connectivity index (χ0v) is 16.0. The Morgan fingerprint density at radius 3 is 2.43 bits per heavy atom. The van der Waals surface area contributed by atoms with Crippen molar-refractivity contribution in [2.75, 3.05) is 27.9 Å². The Morgan fingerprint density at radius 1 is 1.00 bits per heavy atom. The zero-order chi connectivity index (χ0) is 19.8. The molecule has 0 spiro atoms. The van der Waals surface area contributed by atoms with E-state index in [4.69, 9.17) is 28.1 Å². The van der Waals surface area contributed by atoms with Gasteiger partial charge in [-0.25, -0.2) is 0 Å². The highest BCUT2D eigenvalue weighted by atomic mass is 16.7. The minimum atomic E-state index is -0.758. The van der Waals surface area contributed by atoms with Crippen molar-refractivity contribution in [1.29, 1.82) is 0 Å². The summed E-state index contributed by atoms with van der Waals surface area (Å²) in [5.74, 6) is 2.06. The van der Waals surface area contributed by atoms with E-state index >= 15 is 0 Å². The highest BCUT2D eigenvalue weighted by Crippen LogP contribution is 2.46. The molecule has 0 N–H and O–H groups in total. The maximum absolute atomic E-state index is 13.1. The molecule has 7 heteroatoms. The van der Waals surface area contributed by atoms with Crippen molar-refractivity contribution in [1.82, 2.24) is 0 Å². The summed E-state index contributed by atoms with van der Waals surface area (Å²) in [6.45, 7) is 2.26. The molecule has 3 aromatic rings. The summed E-state index contributed by atoms with van der Waals surface area (Å²) in [6, 6.07) is 8.57. The second kappa shape index (κ2) is 7.09. The normalized spacial score (nSPS) is 14.8. The van der Waals surface area contributed by atoms with Gasteiger partial charge >= 0.3 is 0 Å². The van der Waals surface area contributed by atoms with Gasteiger partial charge in [0.25, 0.3) is 0 Å². The van der Waals surface area contributed by atoms with Gasteiger partial charge in [-0.3, -0.25) is 4.79 Å². The van der Waals surface area contributed by atoms with Crippen LogP contribution in [-0.4, -0.2) is 27.9 Å². The minimum absolute atomic E-state index is 0.107. The van der Waals surface area contributed by atoms with Crippen molar-refractivity contribution >= 4 is 11.0 Å². The Labute approximate surface area is 161 Å². The average molecular weight is 384 g/mol. The minimum Gasteiger partial charge on any atom is -0.497 e. The number of rotatable bonds is 5. The third-order valence-electron chi connectivity index (χ3n) is 4.66. The second-order valence-corrected chi connectivity index (χ2v) is 6.15. The van der Waals surface area contributed by atoms with Crippen LogP contribution >= 0.6 is 0 Å². The van der Waals surface area contributed by atoms with Gasteiger partial charge in [0.05, 0.1) is 26.7 Å². The molecule has 0 bridgehead atoms. The summed E-state index contributed by atoms with van der Waals surface area (Å²) in [4.78, 5) is 13.1. The SMILES string of the molecule is CCOC1Oc2c(oc3cc(OC)ccc3c2=O)-c2cc(OC)c(OC)cc21. The highest BCUT2D eigenvalue weighted by molar-refractivity contribution is 5.85. The van der Waals surface area contributed by atoms with Crippen LogP contribution in [0.4, 0.5) is 0 Å². The first-order chi connectivity index (χ1) is 13.6. The van der Waals surface area contributed by atoms with E-state index in [1.165, 1.54) is 0 Å². The van der Waals surface area contributed by atoms with E-state index in [1.54, 1.807) is 51.7 Å². The Bertz CT molecular complexity index is 1100. The molecule has 0 fully saturated rings. The third-order valence-corrected chi connectivity index (χ3v) is 4.66. The van der Waals surface area contributed by atoms with Crippen LogP contribution in [0.5, 0.6) is 23.0 Å². The molecule has 1 atom stereocenters. The summed E-state index contributed by atoms with van der Waals surface area (Å²) in [5.41, 5.74) is 1.47. The lowest BCUT2D eigenvalue weighted by Crippen LogP contribution is -2.22. The highest BCUT2D eigenvalue weighted by Gasteiger charge is 2.33. The summed E-state index contributed by atoms with van der Waals surface area (Å²) >= 11 is 0. The number of ether oxygens (including phenoxy) is 5. The monoisotopic (exact) mass is 384 g/mol. The van der Waals surface area contributed by atoms with Crippen molar-refractivity contribution in [3.8, 4) is 34.3 Å². The smallest absolute Gasteiger partial charge is 0.235 e. The predicted octanol–water partition coefficient (Wildman–Crippen LogP) is 3.91. The van der Waals surface area contributed by atoms with Gasteiger partial charge in [-0.2, -0.15) is 0 Å². The Balaban J connectivity index is 2.03. The van der Waals surface area contributed by atoms with Gasteiger partial charge in [-0.05, 0) is 31.2 Å². The van der Waals surface area contributed by atoms with E-state index in [1.807, 2.05) is 6.92 Å². The van der Waals surface area contributed by atoms with Crippen LogP contribution in [0, 0.1) is 0 Å². The molecule has 0 amide bonds. The fraction of sp³-hybridized carbons (Fsp3) is 0.286. The molecule has 4 rings (SSSR count). The quantitative estimate of drug-likeness (QED) is 0.660. The van der Waals surface area contributed by atoms with Crippen LogP contribution in [0.3, 0.4) is 0 Å². The number of hydrogen-bond donors (Lipinski definition) is 0. The van der Waals surface area contributed by atoms with Gasteiger partial charge in [0, 0.05) is 23.8 Å². The molecule has 2 heterocycles. The van der Waals surface area contributed by atoms with Gasteiger partial charge in [-0.15, -0.1) is 0 Å². The molecule has 146 valence electrons. The van der Waals surface area contributed by atoms with Crippen molar-refractivity contribution in [2.45, 2.75) is 13.2 Å². The summed E-state index contributed by atoms with van der Waals surface area (Å²) in [6.07, 6.45) is -0.758. The topological polar surface area (TPSA) is 76.4 Å². The molecule has 7 nitrogen and oxygen atoms in total. The molecule has 1 unspecified atom stereocenters. The largest absolute Gasteiger partial charge is 0.497 e. The fourth-order valence-corrected chi connectivity index (χ4v) is 3.30. The Kier molecular flexibility index (Phi) is 4.60. The van der Waals surface area contributed by atoms with Crippen LogP contribution in [0.2, 0.25) is 0 Å². The van der Waals surface area contributed by atoms with E-state index in [2.05, 4.69) is 0 Å². The summed E-state index contributed by atoms with van der Waals surface area (Å²) < 4.78 is 33.8. The Hall–Kier alpha value is -3.19. The molecule has 1 aromatic heterocycles. The molecular formula is C21H20O7. The Morgan fingerprint density at radius 2 is 1.75 bits per heavy atom. The molecule has 0 saturated carbocycles. The number of methoxy groups -OCH3 is 3. The van der Waals surface area contributed by atoms with E-state index < -0.39 is 6.29 Å². The average Bonchev–Trinajstić information content (AvgIpc) is 2.73. The molecule has 0 saturated heterocycles. The molecule has 0 aliphatic carbocycles. The van der Waals surface area contributed by atoms with E-state index in [-0.39, 0.29) is 11.2 Å². The van der Waals surface area contributed by atoms with E-state index in [9.17, 15) is 4.79 Å². The number of benzene rings is 2. The maximum Gasteiger partial charge on any atom is 0.235 e. The van der Waals surface area contributed by atoms with Crippen molar-refractivity contribution in [3.63, 3.8) is 0 Å². The van der Waals surface area contributed by atoms with Gasteiger partial charge in [0.2, 0.25) is 17.5 Å². The van der Waals surface area contributed by atoms with Crippen LogP contribution < -0.4 is 24.4 Å². The van der Waals surface area contributed by atoms with Gasteiger partial charge in [-0.1, -0.05) is 0 Å². The first kappa shape index (κ1) is 18.2. The summed E-state index contributed by atoms with van der Waals surface area (Å²) in [7, 11) is 4.66. The lowest BCUT2D eigenvalue weighted by molar-refractivity contribution is -0.0816. The number of fused-ring (bicyclic) bond motifs is 4. The third kappa shape index (κ3) is 2.75. The molecule has 0 radical (unpaired) electrons. The standard InChI is InChI=1S/C21H20O7/c1-5-26-21-14-10-17(25-4)16(24-3)9-13(14)19-20(28-21)18(22)12-7-6-11(23-2)8-15(12)27-19/h6-10,21H,5H2,1-4H3. The molecule has 2 aromatic carbocycles. The number of hydrogen-bond acceptors (Lipinski definition) is 7. The molecule has 1 aliphatic heterocycles. The molecule has 1 aliphatic rings. The maximum atomic E-state index is 13.1. The van der Waals surface area contributed by atoms with Gasteiger partial charge in [0.15, 0.2) is 17.3 Å². The van der Waals surface area contributed by atoms with Crippen molar-refractivity contribution in [2.24, 2.45) is 0 Å².